The van der Waals surface area contributed by atoms with Crippen LogP contribution in [-0.2, 0) is 13.3 Å². The fourth-order valence-electron chi connectivity index (χ4n) is 2.12. The molecule has 17 heavy (non-hydrogen) atoms. The first-order valence-electron chi connectivity index (χ1n) is 6.43. The van der Waals surface area contributed by atoms with E-state index in [9.17, 15) is 0 Å². The zero-order chi connectivity index (χ0) is 13.1. The Labute approximate surface area is 108 Å². The molecule has 0 saturated heterocycles. The maximum absolute atomic E-state index is 5.47. The third-order valence-corrected chi connectivity index (χ3v) is 6.46. The second-order valence-electron chi connectivity index (χ2n) is 4.40. The number of hydrogen-bond donors (Lipinski definition) is 0. The lowest BCUT2D eigenvalue weighted by Crippen LogP contribution is -2.46. The average Bonchev–Trinajstić information content (AvgIpc) is 2.36. The minimum Gasteiger partial charge on any atom is -0.377 e. The van der Waals surface area contributed by atoms with E-state index < -0.39 is 8.80 Å². The summed E-state index contributed by atoms with van der Waals surface area (Å²) in [6, 6.07) is 0. The molecule has 0 spiro atoms. The van der Waals surface area contributed by atoms with E-state index in [1.54, 1.807) is 21.3 Å². The highest BCUT2D eigenvalue weighted by molar-refractivity contribution is 6.62. The number of allylic oxidation sites excluding steroid dienone is 1. The Morgan fingerprint density at radius 3 is 2.00 bits per heavy atom. The van der Waals surface area contributed by atoms with E-state index in [4.69, 9.17) is 13.3 Å². The average molecular weight is 260 g/mol. The second kappa shape index (κ2) is 9.83. The van der Waals surface area contributed by atoms with Crippen LogP contribution >= 0.6 is 0 Å². The predicted molar refractivity (Wildman–Crippen MR) is 74.1 cm³/mol. The molecular weight excluding hydrogens is 232 g/mol. The molecule has 1 atom stereocenters. The summed E-state index contributed by atoms with van der Waals surface area (Å²) in [6.45, 7) is 5.89. The largest absolute Gasteiger partial charge is 0.503 e. The maximum atomic E-state index is 5.47. The topological polar surface area (TPSA) is 27.7 Å². The van der Waals surface area contributed by atoms with Gasteiger partial charge < -0.3 is 13.3 Å². The van der Waals surface area contributed by atoms with Gasteiger partial charge in [-0.3, -0.25) is 0 Å². The normalized spacial score (nSPS) is 13.6. The van der Waals surface area contributed by atoms with Crippen LogP contribution in [0.4, 0.5) is 0 Å². The fraction of sp³-hybridized carbons (Fsp3) is 0.846. The first kappa shape index (κ1) is 16.8. The molecule has 0 aromatic carbocycles. The van der Waals surface area contributed by atoms with Crippen LogP contribution in [0.25, 0.3) is 0 Å². The lowest BCUT2D eigenvalue weighted by molar-refractivity contribution is 0.111. The Balaban J connectivity index is 3.82. The van der Waals surface area contributed by atoms with Crippen molar-refractivity contribution >= 4 is 8.80 Å². The van der Waals surface area contributed by atoms with Gasteiger partial charge in [0.1, 0.15) is 0 Å². The maximum Gasteiger partial charge on any atom is 0.503 e. The van der Waals surface area contributed by atoms with Gasteiger partial charge in [-0.15, -0.1) is 6.58 Å². The lowest BCUT2D eigenvalue weighted by Gasteiger charge is -2.30. The van der Waals surface area contributed by atoms with Crippen molar-refractivity contribution in [3.63, 3.8) is 0 Å². The molecular formula is C13H28O3Si. The fourth-order valence-corrected chi connectivity index (χ4v) is 4.39. The Morgan fingerprint density at radius 1 is 1.00 bits per heavy atom. The molecule has 0 heterocycles. The van der Waals surface area contributed by atoms with E-state index >= 15 is 0 Å². The predicted octanol–water partition coefficient (Wildman–Crippen LogP) is 3.78. The van der Waals surface area contributed by atoms with Crippen molar-refractivity contribution in [2.45, 2.75) is 51.0 Å². The van der Waals surface area contributed by atoms with Crippen molar-refractivity contribution in [1.29, 1.82) is 0 Å². The number of hydrogen-bond acceptors (Lipinski definition) is 3. The summed E-state index contributed by atoms with van der Waals surface area (Å²) < 4.78 is 16.4. The lowest BCUT2D eigenvalue weighted by atomic mass is 10.1. The summed E-state index contributed by atoms with van der Waals surface area (Å²) >= 11 is 0. The van der Waals surface area contributed by atoms with E-state index in [0.29, 0.717) is 5.54 Å². The molecule has 4 heteroatoms. The molecule has 0 rings (SSSR count). The number of unbranched alkanes of at least 4 members (excludes halogenated alkanes) is 4. The van der Waals surface area contributed by atoms with Gasteiger partial charge in [0, 0.05) is 26.9 Å². The van der Waals surface area contributed by atoms with Gasteiger partial charge in [-0.25, -0.2) is 0 Å². The summed E-state index contributed by atoms with van der Waals surface area (Å²) in [5.74, 6) is 0. The second-order valence-corrected chi connectivity index (χ2v) is 7.81. The molecule has 0 aliphatic heterocycles. The minimum atomic E-state index is -2.41. The van der Waals surface area contributed by atoms with Crippen LogP contribution < -0.4 is 0 Å². The molecule has 0 N–H and O–H groups in total. The van der Waals surface area contributed by atoms with Crippen molar-refractivity contribution in [3.8, 4) is 0 Å². The van der Waals surface area contributed by atoms with Gasteiger partial charge in [0.15, 0.2) is 0 Å². The van der Waals surface area contributed by atoms with Crippen LogP contribution in [-0.4, -0.2) is 30.1 Å². The van der Waals surface area contributed by atoms with Gasteiger partial charge >= 0.3 is 8.80 Å². The van der Waals surface area contributed by atoms with Crippen LogP contribution in [0.3, 0.4) is 0 Å². The molecule has 0 amide bonds. The molecule has 0 saturated carbocycles. The van der Waals surface area contributed by atoms with Crippen molar-refractivity contribution in [2.75, 3.05) is 21.3 Å². The highest BCUT2D eigenvalue weighted by Gasteiger charge is 2.43. The SMILES string of the molecule is C=CCCCCCCC(C)[Si](OC)(OC)OC. The van der Waals surface area contributed by atoms with Gasteiger partial charge in [-0.05, 0) is 19.3 Å². The summed E-state index contributed by atoms with van der Waals surface area (Å²) in [5, 5.41) is 0. The molecule has 3 nitrogen and oxygen atoms in total. The monoisotopic (exact) mass is 260 g/mol. The summed E-state index contributed by atoms with van der Waals surface area (Å²) in [5.41, 5.74) is 0.363. The van der Waals surface area contributed by atoms with Gasteiger partial charge in [-0.2, -0.15) is 0 Å². The highest BCUT2D eigenvalue weighted by Crippen LogP contribution is 2.28. The van der Waals surface area contributed by atoms with Crippen molar-refractivity contribution in [2.24, 2.45) is 0 Å². The van der Waals surface area contributed by atoms with Crippen molar-refractivity contribution < 1.29 is 13.3 Å². The van der Waals surface area contributed by atoms with E-state index in [1.807, 2.05) is 6.08 Å². The molecule has 0 fully saturated rings. The van der Waals surface area contributed by atoms with E-state index in [0.717, 1.165) is 12.8 Å². The Hall–Kier alpha value is -0.163. The van der Waals surface area contributed by atoms with Gasteiger partial charge in [-0.1, -0.05) is 32.3 Å². The molecule has 0 aliphatic carbocycles. The van der Waals surface area contributed by atoms with Gasteiger partial charge in [0.25, 0.3) is 0 Å². The van der Waals surface area contributed by atoms with Crippen LogP contribution in [0.1, 0.15) is 45.4 Å². The zero-order valence-electron chi connectivity index (χ0n) is 11.8. The van der Waals surface area contributed by atoms with Crippen LogP contribution in [0, 0.1) is 0 Å². The summed E-state index contributed by atoms with van der Waals surface area (Å²) in [7, 11) is 2.63. The van der Waals surface area contributed by atoms with Gasteiger partial charge in [0.2, 0.25) is 0 Å². The highest BCUT2D eigenvalue weighted by atomic mass is 28.4. The zero-order valence-corrected chi connectivity index (χ0v) is 12.8. The minimum absolute atomic E-state index is 0.363. The molecule has 0 aliphatic rings. The van der Waals surface area contributed by atoms with Crippen LogP contribution in [0.2, 0.25) is 5.54 Å². The van der Waals surface area contributed by atoms with Crippen molar-refractivity contribution in [1.82, 2.24) is 0 Å². The quantitative estimate of drug-likeness (QED) is 0.321. The molecule has 0 radical (unpaired) electrons. The third-order valence-electron chi connectivity index (χ3n) is 3.25. The number of rotatable bonds is 11. The Bertz CT molecular complexity index is 185. The van der Waals surface area contributed by atoms with E-state index in [2.05, 4.69) is 13.5 Å². The molecule has 1 unspecified atom stereocenters. The first-order valence-corrected chi connectivity index (χ1v) is 8.23. The molecule has 0 bridgehead atoms. The summed E-state index contributed by atoms with van der Waals surface area (Å²) in [4.78, 5) is 0. The third kappa shape index (κ3) is 5.81. The smallest absolute Gasteiger partial charge is 0.377 e. The first-order chi connectivity index (χ1) is 8.16. The van der Waals surface area contributed by atoms with E-state index in [1.165, 1.54) is 25.7 Å². The van der Waals surface area contributed by atoms with Gasteiger partial charge in [0.05, 0.1) is 0 Å². The summed E-state index contributed by atoms with van der Waals surface area (Å²) in [6.07, 6.45) is 9.22. The van der Waals surface area contributed by atoms with E-state index in [-0.39, 0.29) is 0 Å². The molecule has 102 valence electrons. The Morgan fingerprint density at radius 2 is 1.53 bits per heavy atom. The van der Waals surface area contributed by atoms with Crippen molar-refractivity contribution in [3.05, 3.63) is 12.7 Å². The molecule has 0 aromatic rings. The van der Waals surface area contributed by atoms with Crippen LogP contribution in [0.5, 0.6) is 0 Å². The molecule has 0 aromatic heterocycles. The van der Waals surface area contributed by atoms with Crippen LogP contribution in [0.15, 0.2) is 12.7 Å². The standard InChI is InChI=1S/C13H28O3Si/c1-6-7-8-9-10-11-12-13(2)17(14-3,15-4)16-5/h6,13H,1,7-12H2,2-5H3. The Kier molecular flexibility index (Phi) is 9.73.